The molecule has 4 fully saturated rings. The van der Waals surface area contributed by atoms with Crippen molar-refractivity contribution in [1.29, 1.82) is 0 Å². The molecule has 114 valence electrons. The van der Waals surface area contributed by atoms with Crippen molar-refractivity contribution in [3.8, 4) is 0 Å². The monoisotopic (exact) mass is 278 g/mol. The van der Waals surface area contributed by atoms with Crippen LogP contribution in [0.1, 0.15) is 51.9 Å². The molecule has 1 N–H and O–H groups in total. The molecule has 3 heteroatoms. The standard InChI is InChI=1S/C17H30N2O/c1-17(14-7-8-14)12-19(11-15-4-2-3-9-20-15)16(10-18-17)13-5-6-13/h13-16,18H,2-12H2,1H3. The van der Waals surface area contributed by atoms with E-state index in [1.165, 1.54) is 64.6 Å². The van der Waals surface area contributed by atoms with Gasteiger partial charge >= 0.3 is 0 Å². The van der Waals surface area contributed by atoms with E-state index >= 15 is 0 Å². The summed E-state index contributed by atoms with van der Waals surface area (Å²) >= 11 is 0. The molecule has 2 heterocycles. The molecule has 0 aromatic heterocycles. The molecule has 0 amide bonds. The van der Waals surface area contributed by atoms with E-state index in [0.29, 0.717) is 11.6 Å². The summed E-state index contributed by atoms with van der Waals surface area (Å²) in [7, 11) is 0. The average molecular weight is 278 g/mol. The first-order valence-corrected chi connectivity index (χ1v) is 8.85. The van der Waals surface area contributed by atoms with Crippen LogP contribution in [-0.2, 0) is 4.74 Å². The van der Waals surface area contributed by atoms with E-state index in [-0.39, 0.29) is 0 Å². The Bertz CT molecular complexity index is 347. The molecule has 3 atom stereocenters. The van der Waals surface area contributed by atoms with Crippen LogP contribution in [0.5, 0.6) is 0 Å². The molecule has 0 bridgehead atoms. The third-order valence-corrected chi connectivity index (χ3v) is 6.07. The van der Waals surface area contributed by atoms with E-state index in [4.69, 9.17) is 4.74 Å². The highest BCUT2D eigenvalue weighted by molar-refractivity contribution is 5.06. The topological polar surface area (TPSA) is 24.5 Å². The zero-order valence-electron chi connectivity index (χ0n) is 12.9. The Hall–Kier alpha value is -0.120. The largest absolute Gasteiger partial charge is 0.377 e. The van der Waals surface area contributed by atoms with Gasteiger partial charge < -0.3 is 10.1 Å². The van der Waals surface area contributed by atoms with Crippen LogP contribution < -0.4 is 5.32 Å². The molecule has 4 rings (SSSR count). The van der Waals surface area contributed by atoms with Gasteiger partial charge in [0.25, 0.3) is 0 Å². The number of hydrogen-bond donors (Lipinski definition) is 1. The number of piperazine rings is 1. The van der Waals surface area contributed by atoms with Crippen LogP contribution in [0.3, 0.4) is 0 Å². The Morgan fingerprint density at radius 1 is 1.15 bits per heavy atom. The van der Waals surface area contributed by atoms with Gasteiger partial charge in [-0.1, -0.05) is 0 Å². The fourth-order valence-corrected chi connectivity index (χ4v) is 4.41. The van der Waals surface area contributed by atoms with Gasteiger partial charge in [-0.05, 0) is 63.7 Å². The van der Waals surface area contributed by atoms with Gasteiger partial charge in [-0.2, -0.15) is 0 Å². The fourth-order valence-electron chi connectivity index (χ4n) is 4.41. The van der Waals surface area contributed by atoms with Crippen LogP contribution in [0.15, 0.2) is 0 Å². The quantitative estimate of drug-likeness (QED) is 0.854. The van der Waals surface area contributed by atoms with Gasteiger partial charge in [0.05, 0.1) is 6.10 Å². The second kappa shape index (κ2) is 5.26. The molecule has 2 saturated carbocycles. The van der Waals surface area contributed by atoms with Crippen molar-refractivity contribution in [3.05, 3.63) is 0 Å². The van der Waals surface area contributed by atoms with Gasteiger partial charge in [0.15, 0.2) is 0 Å². The van der Waals surface area contributed by atoms with Gasteiger partial charge in [-0.15, -0.1) is 0 Å². The minimum absolute atomic E-state index is 0.375. The lowest BCUT2D eigenvalue weighted by molar-refractivity contribution is -0.0334. The second-order valence-electron chi connectivity index (χ2n) is 7.90. The Balaban J connectivity index is 1.43. The molecule has 3 unspecified atom stereocenters. The normalized spacial score (nSPS) is 43.6. The summed E-state index contributed by atoms with van der Waals surface area (Å²) in [6, 6.07) is 0.785. The summed E-state index contributed by atoms with van der Waals surface area (Å²) < 4.78 is 6.01. The summed E-state index contributed by atoms with van der Waals surface area (Å²) in [5.41, 5.74) is 0.375. The maximum absolute atomic E-state index is 6.01. The van der Waals surface area contributed by atoms with Crippen LogP contribution >= 0.6 is 0 Å². The SMILES string of the molecule is CC1(C2CC2)CN(CC2CCCCO2)C(C2CC2)CN1. The Kier molecular flexibility index (Phi) is 3.56. The number of hydrogen-bond acceptors (Lipinski definition) is 3. The van der Waals surface area contributed by atoms with Gasteiger partial charge in [-0.25, -0.2) is 0 Å². The third-order valence-electron chi connectivity index (χ3n) is 6.07. The lowest BCUT2D eigenvalue weighted by Crippen LogP contribution is -2.65. The number of rotatable bonds is 4. The summed E-state index contributed by atoms with van der Waals surface area (Å²) in [4.78, 5) is 2.81. The van der Waals surface area contributed by atoms with Crippen LogP contribution in [0.25, 0.3) is 0 Å². The van der Waals surface area contributed by atoms with Crippen molar-refractivity contribution in [1.82, 2.24) is 10.2 Å². The first-order chi connectivity index (χ1) is 9.74. The fraction of sp³-hybridized carbons (Fsp3) is 1.00. The molecule has 20 heavy (non-hydrogen) atoms. The van der Waals surface area contributed by atoms with Crippen molar-refractivity contribution in [3.63, 3.8) is 0 Å². The maximum atomic E-state index is 6.01. The highest BCUT2D eigenvalue weighted by Gasteiger charge is 2.48. The van der Waals surface area contributed by atoms with Gasteiger partial charge in [0.2, 0.25) is 0 Å². The van der Waals surface area contributed by atoms with Crippen LogP contribution in [0.4, 0.5) is 0 Å². The highest BCUT2D eigenvalue weighted by atomic mass is 16.5. The van der Waals surface area contributed by atoms with Crippen LogP contribution in [-0.4, -0.2) is 48.8 Å². The molecular weight excluding hydrogens is 248 g/mol. The van der Waals surface area contributed by atoms with Crippen LogP contribution in [0.2, 0.25) is 0 Å². The van der Waals surface area contributed by atoms with Crippen molar-refractivity contribution in [2.24, 2.45) is 11.8 Å². The maximum Gasteiger partial charge on any atom is 0.0702 e. The molecule has 4 aliphatic rings. The van der Waals surface area contributed by atoms with E-state index in [1.807, 2.05) is 0 Å². The highest BCUT2D eigenvalue weighted by Crippen LogP contribution is 2.44. The first-order valence-electron chi connectivity index (χ1n) is 8.85. The summed E-state index contributed by atoms with van der Waals surface area (Å²) in [6.07, 6.45) is 10.2. The van der Waals surface area contributed by atoms with Crippen molar-refractivity contribution in [2.45, 2.75) is 69.6 Å². The van der Waals surface area contributed by atoms with Gasteiger partial charge in [-0.3, -0.25) is 4.90 Å². The lowest BCUT2D eigenvalue weighted by Gasteiger charge is -2.48. The van der Waals surface area contributed by atoms with Gasteiger partial charge in [0, 0.05) is 37.8 Å². The van der Waals surface area contributed by atoms with Gasteiger partial charge in [0.1, 0.15) is 0 Å². The van der Waals surface area contributed by atoms with Crippen molar-refractivity contribution in [2.75, 3.05) is 26.2 Å². The smallest absolute Gasteiger partial charge is 0.0702 e. The molecule has 0 aromatic carbocycles. The molecule has 3 nitrogen and oxygen atoms in total. The molecule has 0 spiro atoms. The third kappa shape index (κ3) is 2.77. The predicted octanol–water partition coefficient (Wildman–Crippen LogP) is 2.41. The molecule has 0 radical (unpaired) electrons. The zero-order valence-corrected chi connectivity index (χ0v) is 12.9. The Morgan fingerprint density at radius 3 is 2.65 bits per heavy atom. The van der Waals surface area contributed by atoms with E-state index in [1.54, 1.807) is 0 Å². The molecule has 2 aliphatic heterocycles. The zero-order chi connectivity index (χ0) is 13.6. The van der Waals surface area contributed by atoms with E-state index < -0.39 is 0 Å². The molecular formula is C17H30N2O. The van der Waals surface area contributed by atoms with E-state index in [2.05, 4.69) is 17.1 Å². The molecule has 2 aliphatic carbocycles. The van der Waals surface area contributed by atoms with E-state index in [0.717, 1.165) is 24.5 Å². The van der Waals surface area contributed by atoms with Crippen molar-refractivity contribution >= 4 is 0 Å². The van der Waals surface area contributed by atoms with Crippen molar-refractivity contribution < 1.29 is 4.74 Å². The molecule has 0 aromatic rings. The summed E-state index contributed by atoms with van der Waals surface area (Å²) in [5.74, 6) is 1.90. The molecule has 2 saturated heterocycles. The number of ether oxygens (including phenoxy) is 1. The van der Waals surface area contributed by atoms with Crippen LogP contribution in [0, 0.1) is 11.8 Å². The summed E-state index contributed by atoms with van der Waals surface area (Å²) in [6.45, 7) is 7.10. The minimum Gasteiger partial charge on any atom is -0.377 e. The summed E-state index contributed by atoms with van der Waals surface area (Å²) in [5, 5.41) is 3.91. The Labute approximate surface area is 123 Å². The lowest BCUT2D eigenvalue weighted by atomic mass is 9.89. The first kappa shape index (κ1) is 13.5. The predicted molar refractivity (Wildman–Crippen MR) is 80.8 cm³/mol. The number of nitrogens with zero attached hydrogens (tertiary/aromatic N) is 1. The second-order valence-corrected chi connectivity index (χ2v) is 7.90. The van der Waals surface area contributed by atoms with E-state index in [9.17, 15) is 0 Å². The minimum atomic E-state index is 0.375. The number of nitrogens with one attached hydrogen (secondary N) is 1. The Morgan fingerprint density at radius 2 is 2.00 bits per heavy atom. The average Bonchev–Trinajstić information content (AvgIpc) is 3.31.